The summed E-state index contributed by atoms with van der Waals surface area (Å²) in [6.45, 7) is 1.92. The van der Waals surface area contributed by atoms with Crippen LogP contribution in [0.3, 0.4) is 0 Å². The summed E-state index contributed by atoms with van der Waals surface area (Å²) in [5, 5.41) is 11.4. The van der Waals surface area contributed by atoms with Crippen molar-refractivity contribution >= 4 is 29.3 Å². The van der Waals surface area contributed by atoms with Gasteiger partial charge in [-0.1, -0.05) is 25.5 Å². The topological polar surface area (TPSA) is 75.6 Å². The molecule has 0 saturated carbocycles. The first-order chi connectivity index (χ1) is 9.58. The molecule has 0 saturated heterocycles. The van der Waals surface area contributed by atoms with E-state index in [1.165, 1.54) is 18.9 Å². The van der Waals surface area contributed by atoms with Crippen LogP contribution in [0, 0.1) is 0 Å². The highest BCUT2D eigenvalue weighted by Gasteiger charge is 2.19. The molecule has 0 bridgehead atoms. The molecule has 0 aliphatic heterocycles. The highest BCUT2D eigenvalue weighted by molar-refractivity contribution is 8.00. The molecule has 0 aromatic heterocycles. The van der Waals surface area contributed by atoms with Crippen molar-refractivity contribution in [3.05, 3.63) is 24.3 Å². The number of para-hydroxylation sites is 1. The van der Waals surface area contributed by atoms with Gasteiger partial charge in [0, 0.05) is 12.0 Å². The van der Waals surface area contributed by atoms with E-state index in [0.717, 1.165) is 11.3 Å². The number of hydrogen-bond acceptors (Lipinski definition) is 4. The number of carboxylic acid groups (broad SMARTS) is 1. The Kier molecular flexibility index (Phi) is 7.11. The summed E-state index contributed by atoms with van der Waals surface area (Å²) in [6, 6.07) is 7.17. The minimum absolute atomic E-state index is 0.0314. The minimum atomic E-state index is -0.838. The number of thioether (sulfide) groups is 1. The maximum atomic E-state index is 11.5. The predicted molar refractivity (Wildman–Crippen MR) is 79.1 cm³/mol. The van der Waals surface area contributed by atoms with Crippen molar-refractivity contribution in [2.75, 3.05) is 19.0 Å². The van der Waals surface area contributed by atoms with Crippen LogP contribution in [-0.2, 0) is 14.3 Å². The quantitative estimate of drug-likeness (QED) is 0.721. The Balaban J connectivity index is 2.83. The van der Waals surface area contributed by atoms with Gasteiger partial charge in [0.25, 0.3) is 0 Å². The van der Waals surface area contributed by atoms with E-state index < -0.39 is 11.2 Å². The molecule has 1 rings (SSSR count). The molecule has 0 aliphatic carbocycles. The summed E-state index contributed by atoms with van der Waals surface area (Å²) in [4.78, 5) is 23.5. The Bertz CT molecular complexity index is 464. The van der Waals surface area contributed by atoms with Gasteiger partial charge in [-0.3, -0.25) is 9.59 Å². The largest absolute Gasteiger partial charge is 0.480 e. The van der Waals surface area contributed by atoms with Gasteiger partial charge < -0.3 is 15.2 Å². The van der Waals surface area contributed by atoms with E-state index in [9.17, 15) is 14.7 Å². The summed E-state index contributed by atoms with van der Waals surface area (Å²) in [5.74, 6) is -1.10. The van der Waals surface area contributed by atoms with E-state index in [0.29, 0.717) is 12.1 Å². The Labute approximate surface area is 122 Å². The maximum absolute atomic E-state index is 11.5. The van der Waals surface area contributed by atoms with E-state index in [2.05, 4.69) is 5.32 Å². The van der Waals surface area contributed by atoms with Crippen LogP contribution in [0.15, 0.2) is 29.2 Å². The average Bonchev–Trinajstić information content (AvgIpc) is 2.40. The average molecular weight is 297 g/mol. The number of ether oxygens (including phenoxy) is 1. The lowest BCUT2D eigenvalue weighted by Crippen LogP contribution is -2.19. The van der Waals surface area contributed by atoms with Crippen LogP contribution in [0.5, 0.6) is 0 Å². The van der Waals surface area contributed by atoms with Crippen LogP contribution in [0.25, 0.3) is 0 Å². The van der Waals surface area contributed by atoms with Crippen molar-refractivity contribution < 1.29 is 19.4 Å². The van der Waals surface area contributed by atoms with Crippen LogP contribution >= 0.6 is 11.8 Å². The molecule has 1 amide bonds. The maximum Gasteiger partial charge on any atom is 0.316 e. The van der Waals surface area contributed by atoms with Gasteiger partial charge in [-0.15, -0.1) is 11.8 Å². The summed E-state index contributed by atoms with van der Waals surface area (Å²) in [7, 11) is 1.45. The molecular weight excluding hydrogens is 278 g/mol. The number of nitrogens with one attached hydrogen (secondary N) is 1. The molecule has 6 heteroatoms. The molecule has 1 unspecified atom stereocenters. The number of anilines is 1. The Hall–Kier alpha value is -1.53. The Morgan fingerprint density at radius 2 is 2.10 bits per heavy atom. The highest BCUT2D eigenvalue weighted by atomic mass is 32.2. The number of hydrogen-bond donors (Lipinski definition) is 2. The van der Waals surface area contributed by atoms with Gasteiger partial charge in [-0.2, -0.15) is 0 Å². The summed E-state index contributed by atoms with van der Waals surface area (Å²) in [5.41, 5.74) is 0.613. The number of aliphatic carboxylic acids is 1. The third-order valence-electron chi connectivity index (χ3n) is 2.53. The minimum Gasteiger partial charge on any atom is -0.480 e. The fraction of sp³-hybridized carbons (Fsp3) is 0.429. The third kappa shape index (κ3) is 5.22. The van der Waals surface area contributed by atoms with Gasteiger partial charge in [-0.25, -0.2) is 0 Å². The van der Waals surface area contributed by atoms with E-state index >= 15 is 0 Å². The fourth-order valence-electron chi connectivity index (χ4n) is 1.64. The van der Waals surface area contributed by atoms with Gasteiger partial charge in [0.15, 0.2) is 0 Å². The van der Waals surface area contributed by atoms with Crippen LogP contribution < -0.4 is 5.32 Å². The Morgan fingerprint density at radius 1 is 1.40 bits per heavy atom. The lowest BCUT2D eigenvalue weighted by Gasteiger charge is -2.14. The number of carbonyl (C=O) groups excluding carboxylic acids is 1. The van der Waals surface area contributed by atoms with Gasteiger partial charge in [0.1, 0.15) is 11.9 Å². The molecular formula is C14H19NO4S. The molecule has 5 nitrogen and oxygen atoms in total. The predicted octanol–water partition coefficient (Wildman–Crippen LogP) is 2.62. The molecule has 0 radical (unpaired) electrons. The zero-order valence-corrected chi connectivity index (χ0v) is 12.4. The molecule has 0 heterocycles. The van der Waals surface area contributed by atoms with Crippen LogP contribution in [0.4, 0.5) is 5.69 Å². The molecule has 110 valence electrons. The van der Waals surface area contributed by atoms with Crippen molar-refractivity contribution in [1.29, 1.82) is 0 Å². The first-order valence-corrected chi connectivity index (χ1v) is 7.23. The summed E-state index contributed by atoms with van der Waals surface area (Å²) in [6.07, 6.45) is 1.38. The lowest BCUT2D eigenvalue weighted by molar-refractivity contribution is -0.136. The zero-order valence-electron chi connectivity index (χ0n) is 11.6. The molecule has 0 fully saturated rings. The Morgan fingerprint density at radius 3 is 2.70 bits per heavy atom. The number of rotatable bonds is 8. The van der Waals surface area contributed by atoms with E-state index in [1.807, 2.05) is 13.0 Å². The van der Waals surface area contributed by atoms with Crippen molar-refractivity contribution in [1.82, 2.24) is 0 Å². The van der Waals surface area contributed by atoms with Gasteiger partial charge in [-0.05, 0) is 18.6 Å². The van der Waals surface area contributed by atoms with Crippen LogP contribution in [-0.4, -0.2) is 35.9 Å². The second-order valence-electron chi connectivity index (χ2n) is 4.21. The third-order valence-corrected chi connectivity index (χ3v) is 3.86. The van der Waals surface area contributed by atoms with Crippen molar-refractivity contribution in [3.63, 3.8) is 0 Å². The van der Waals surface area contributed by atoms with Crippen molar-refractivity contribution in [2.45, 2.75) is 29.9 Å². The van der Waals surface area contributed by atoms with Crippen LogP contribution in [0.2, 0.25) is 0 Å². The highest BCUT2D eigenvalue weighted by Crippen LogP contribution is 2.32. The van der Waals surface area contributed by atoms with Gasteiger partial charge in [0.2, 0.25) is 5.91 Å². The first kappa shape index (κ1) is 16.5. The van der Waals surface area contributed by atoms with Crippen molar-refractivity contribution in [3.8, 4) is 0 Å². The second kappa shape index (κ2) is 8.60. The number of methoxy groups -OCH3 is 1. The van der Waals surface area contributed by atoms with E-state index in [1.54, 1.807) is 18.2 Å². The number of benzene rings is 1. The molecule has 1 aromatic rings. The molecule has 0 aliphatic rings. The normalized spacial score (nSPS) is 11.9. The van der Waals surface area contributed by atoms with Gasteiger partial charge >= 0.3 is 5.97 Å². The van der Waals surface area contributed by atoms with E-state index in [4.69, 9.17) is 4.74 Å². The number of amides is 1. The zero-order chi connectivity index (χ0) is 15.0. The molecule has 0 spiro atoms. The molecule has 1 atom stereocenters. The fourth-order valence-corrected chi connectivity index (χ4v) is 2.80. The van der Waals surface area contributed by atoms with Gasteiger partial charge in [0.05, 0.1) is 5.69 Å². The molecule has 2 N–H and O–H groups in total. The SMILES string of the molecule is CCCC(Sc1ccccc1NC(=O)COC)C(=O)O. The molecule has 20 heavy (non-hydrogen) atoms. The van der Waals surface area contributed by atoms with Crippen LogP contribution in [0.1, 0.15) is 19.8 Å². The number of carbonyl (C=O) groups is 2. The van der Waals surface area contributed by atoms with Crippen molar-refractivity contribution in [2.24, 2.45) is 0 Å². The molecule has 1 aromatic carbocycles. The van der Waals surface area contributed by atoms with E-state index in [-0.39, 0.29) is 12.5 Å². The smallest absolute Gasteiger partial charge is 0.316 e. The number of carboxylic acids is 1. The summed E-state index contributed by atoms with van der Waals surface area (Å²) < 4.78 is 4.76. The monoisotopic (exact) mass is 297 g/mol. The lowest BCUT2D eigenvalue weighted by atomic mass is 10.2. The second-order valence-corrected chi connectivity index (χ2v) is 5.46. The standard InChI is InChI=1S/C14H19NO4S/c1-3-6-12(14(17)18)20-11-8-5-4-7-10(11)15-13(16)9-19-2/h4-5,7-8,12H,3,6,9H2,1-2H3,(H,15,16)(H,17,18). The first-order valence-electron chi connectivity index (χ1n) is 6.35. The summed E-state index contributed by atoms with van der Waals surface area (Å²) >= 11 is 1.25.